The van der Waals surface area contributed by atoms with Crippen LogP contribution < -0.4 is 5.32 Å². The number of hydrogen-bond donors (Lipinski definition) is 3. The highest BCUT2D eigenvalue weighted by Gasteiger charge is 2.24. The van der Waals surface area contributed by atoms with Crippen LogP contribution in [-0.2, 0) is 6.42 Å². The number of aromatic carboxylic acids is 2. The molecule has 190 valence electrons. The average molecular weight is 516 g/mol. The third-order valence-corrected chi connectivity index (χ3v) is 7.31. The van der Waals surface area contributed by atoms with Crippen LogP contribution in [0.3, 0.4) is 0 Å². The van der Waals surface area contributed by atoms with Crippen molar-refractivity contribution in [1.29, 1.82) is 0 Å². The minimum atomic E-state index is -1.16. The Labute approximate surface area is 221 Å². The molecule has 0 aliphatic rings. The topological polar surface area (TPSA) is 121 Å². The molecule has 6 aromatic carbocycles. The molecule has 0 bridgehead atoms. The Morgan fingerprint density at radius 3 is 1.69 bits per heavy atom. The summed E-state index contributed by atoms with van der Waals surface area (Å²) in [6.07, 6.45) is 1.26. The van der Waals surface area contributed by atoms with Crippen molar-refractivity contribution in [3.63, 3.8) is 0 Å². The van der Waals surface area contributed by atoms with Gasteiger partial charge in [-0.1, -0.05) is 60.7 Å². The summed E-state index contributed by atoms with van der Waals surface area (Å²) in [5.41, 5.74) is 1.57. The van der Waals surface area contributed by atoms with Crippen LogP contribution in [0.2, 0.25) is 0 Å². The van der Waals surface area contributed by atoms with Crippen LogP contribution >= 0.6 is 0 Å². The van der Waals surface area contributed by atoms with Gasteiger partial charge in [-0.3, -0.25) is 9.59 Å². The van der Waals surface area contributed by atoms with Crippen LogP contribution in [-0.4, -0.2) is 40.9 Å². The van der Waals surface area contributed by atoms with E-state index in [2.05, 4.69) is 5.32 Å². The van der Waals surface area contributed by atoms with Crippen molar-refractivity contribution in [2.75, 3.05) is 6.54 Å². The van der Waals surface area contributed by atoms with E-state index in [0.29, 0.717) is 62.3 Å². The van der Waals surface area contributed by atoms with E-state index in [4.69, 9.17) is 0 Å². The predicted octanol–water partition coefficient (Wildman–Crippen LogP) is 5.92. The van der Waals surface area contributed by atoms with E-state index in [9.17, 15) is 29.4 Å². The zero-order valence-electron chi connectivity index (χ0n) is 20.5. The fourth-order valence-corrected chi connectivity index (χ4v) is 5.62. The van der Waals surface area contributed by atoms with Gasteiger partial charge in [0, 0.05) is 28.4 Å². The number of aldehydes is 1. The van der Waals surface area contributed by atoms with Gasteiger partial charge < -0.3 is 15.5 Å². The van der Waals surface area contributed by atoms with Crippen molar-refractivity contribution in [2.24, 2.45) is 0 Å². The number of amides is 1. The number of nitrogens with one attached hydrogen (secondary N) is 1. The van der Waals surface area contributed by atoms with Crippen molar-refractivity contribution in [1.82, 2.24) is 5.32 Å². The van der Waals surface area contributed by atoms with Crippen molar-refractivity contribution < 1.29 is 29.4 Å². The second-order valence-electron chi connectivity index (χ2n) is 9.40. The number of rotatable bonds is 7. The fraction of sp³-hybridized carbons (Fsp3) is 0.0625. The van der Waals surface area contributed by atoms with Gasteiger partial charge in [0.05, 0.1) is 11.1 Å². The first-order valence-corrected chi connectivity index (χ1v) is 12.3. The Morgan fingerprint density at radius 1 is 0.615 bits per heavy atom. The van der Waals surface area contributed by atoms with Gasteiger partial charge in [0.2, 0.25) is 0 Å². The molecule has 39 heavy (non-hydrogen) atoms. The first-order chi connectivity index (χ1) is 18.9. The largest absolute Gasteiger partial charge is 0.478 e. The molecule has 0 atom stereocenters. The molecule has 3 N–H and O–H groups in total. The lowest BCUT2D eigenvalue weighted by molar-refractivity contribution is 0.0688. The van der Waals surface area contributed by atoms with Gasteiger partial charge in [0.1, 0.15) is 0 Å². The number of benzene rings is 6. The highest BCUT2D eigenvalue weighted by molar-refractivity contribution is 6.37. The third-order valence-electron chi connectivity index (χ3n) is 7.31. The van der Waals surface area contributed by atoms with E-state index in [0.717, 1.165) is 5.56 Å². The Balaban J connectivity index is 1.62. The minimum Gasteiger partial charge on any atom is -0.478 e. The maximum atomic E-state index is 13.4. The maximum Gasteiger partial charge on any atom is 0.336 e. The SMILES string of the molecule is O=Cc1ccc2c3ccc(C(=O)O)c4c(C(=O)NCCc5ccccc5)ccc(c5ccc(C(=O)O)c1c25)c43. The Hall–Kier alpha value is -5.30. The number of hydrogen-bond acceptors (Lipinski definition) is 4. The first-order valence-electron chi connectivity index (χ1n) is 12.3. The van der Waals surface area contributed by atoms with Gasteiger partial charge in [-0.15, -0.1) is 0 Å². The molecule has 6 aromatic rings. The molecule has 1 amide bonds. The molecule has 7 heteroatoms. The number of fused-ring (bicyclic) bond motifs is 2. The molecule has 0 spiro atoms. The van der Waals surface area contributed by atoms with E-state index in [1.165, 1.54) is 12.1 Å². The molecule has 0 aliphatic heterocycles. The van der Waals surface area contributed by atoms with Crippen LogP contribution in [0.1, 0.15) is 47.0 Å². The number of carboxylic acids is 2. The summed E-state index contributed by atoms with van der Waals surface area (Å²) in [5.74, 6) is -2.70. The lowest BCUT2D eigenvalue weighted by Gasteiger charge is -2.19. The van der Waals surface area contributed by atoms with Gasteiger partial charge in [-0.25, -0.2) is 9.59 Å². The highest BCUT2D eigenvalue weighted by atomic mass is 16.4. The Kier molecular flexibility index (Phi) is 5.69. The van der Waals surface area contributed by atoms with E-state index in [1.54, 1.807) is 36.4 Å². The van der Waals surface area contributed by atoms with Gasteiger partial charge in [-0.2, -0.15) is 0 Å². The molecule has 0 saturated carbocycles. The quantitative estimate of drug-likeness (QED) is 0.138. The van der Waals surface area contributed by atoms with Crippen LogP contribution in [0, 0.1) is 0 Å². The van der Waals surface area contributed by atoms with Crippen LogP contribution in [0.4, 0.5) is 0 Å². The number of carboxylic acid groups (broad SMARTS) is 2. The van der Waals surface area contributed by atoms with Crippen molar-refractivity contribution >= 4 is 67.2 Å². The van der Waals surface area contributed by atoms with Crippen LogP contribution in [0.15, 0.2) is 78.9 Å². The molecule has 7 nitrogen and oxygen atoms in total. The predicted molar refractivity (Wildman–Crippen MR) is 149 cm³/mol. The van der Waals surface area contributed by atoms with Crippen molar-refractivity contribution in [3.05, 3.63) is 107 Å². The maximum absolute atomic E-state index is 13.4. The molecule has 6 rings (SSSR count). The molecular weight excluding hydrogens is 494 g/mol. The molecule has 0 fully saturated rings. The summed E-state index contributed by atoms with van der Waals surface area (Å²) in [4.78, 5) is 49.6. The van der Waals surface area contributed by atoms with E-state index >= 15 is 0 Å². The van der Waals surface area contributed by atoms with Crippen molar-refractivity contribution in [2.45, 2.75) is 6.42 Å². The minimum absolute atomic E-state index is 0.00447. The molecule has 0 radical (unpaired) electrons. The fourth-order valence-electron chi connectivity index (χ4n) is 5.62. The summed E-state index contributed by atoms with van der Waals surface area (Å²) in [5, 5.41) is 27.3. The average Bonchev–Trinajstić information content (AvgIpc) is 2.95. The van der Waals surface area contributed by atoms with Crippen LogP contribution in [0.5, 0.6) is 0 Å². The molecule has 0 aromatic heterocycles. The smallest absolute Gasteiger partial charge is 0.336 e. The van der Waals surface area contributed by atoms with Gasteiger partial charge >= 0.3 is 11.9 Å². The monoisotopic (exact) mass is 515 g/mol. The van der Waals surface area contributed by atoms with Crippen molar-refractivity contribution in [3.8, 4) is 0 Å². The normalized spacial score (nSPS) is 11.4. The lowest BCUT2D eigenvalue weighted by Crippen LogP contribution is -2.26. The summed E-state index contributed by atoms with van der Waals surface area (Å²) in [6, 6.07) is 22.7. The van der Waals surface area contributed by atoms with E-state index < -0.39 is 11.9 Å². The van der Waals surface area contributed by atoms with E-state index in [-0.39, 0.29) is 28.2 Å². The second kappa shape index (κ2) is 9.22. The molecule has 0 heterocycles. The molecule has 0 aliphatic carbocycles. The zero-order valence-corrected chi connectivity index (χ0v) is 20.5. The summed E-state index contributed by atoms with van der Waals surface area (Å²) in [7, 11) is 0. The summed E-state index contributed by atoms with van der Waals surface area (Å²) >= 11 is 0. The summed E-state index contributed by atoms with van der Waals surface area (Å²) < 4.78 is 0. The third kappa shape index (κ3) is 3.75. The lowest BCUT2D eigenvalue weighted by atomic mass is 9.84. The zero-order chi connectivity index (χ0) is 27.3. The number of carbonyl (C=O) groups excluding carboxylic acids is 2. The van der Waals surface area contributed by atoms with Gasteiger partial charge in [-0.05, 0) is 62.5 Å². The Bertz CT molecular complexity index is 1960. The molecule has 0 saturated heterocycles. The second-order valence-corrected chi connectivity index (χ2v) is 9.40. The molecule has 0 unspecified atom stereocenters. The van der Waals surface area contributed by atoms with Gasteiger partial charge in [0.15, 0.2) is 6.29 Å². The van der Waals surface area contributed by atoms with Gasteiger partial charge in [0.25, 0.3) is 5.91 Å². The highest BCUT2D eigenvalue weighted by Crippen LogP contribution is 2.43. The molecular formula is C32H21NO6. The first kappa shape index (κ1) is 24.1. The Morgan fingerprint density at radius 2 is 1.13 bits per heavy atom. The van der Waals surface area contributed by atoms with E-state index in [1.807, 2.05) is 30.3 Å². The number of carbonyl (C=O) groups is 4. The standard InChI is InChI=1S/C32H21NO6/c34-16-18-6-7-19-22-10-13-25(32(38)39)29-23(30(35)33-15-14-17-4-2-1-3-5-17)11-8-21(28(22)29)20-9-12-24(31(36)37)26(18)27(19)20/h1-13,16H,14-15H2,(H,33,35)(H,36,37)(H,38,39). The van der Waals surface area contributed by atoms with Crippen LogP contribution in [0.25, 0.3) is 43.1 Å². The summed E-state index contributed by atoms with van der Waals surface area (Å²) in [6.45, 7) is 0.378.